The summed E-state index contributed by atoms with van der Waals surface area (Å²) in [6.07, 6.45) is 10.0. The maximum Gasteiger partial charge on any atom is 0.223 e. The monoisotopic (exact) mass is 368 g/mol. The number of hydrogen-bond acceptors (Lipinski definition) is 2. The number of nitrogens with one attached hydrogen (secondary N) is 2. The van der Waals surface area contributed by atoms with Crippen LogP contribution in [0, 0.1) is 0 Å². The summed E-state index contributed by atoms with van der Waals surface area (Å²) < 4.78 is 0. The molecule has 0 saturated heterocycles. The van der Waals surface area contributed by atoms with Crippen LogP contribution in [0.2, 0.25) is 0 Å². The molecule has 1 aromatic rings. The smallest absolute Gasteiger partial charge is 0.223 e. The van der Waals surface area contributed by atoms with Gasteiger partial charge in [0, 0.05) is 39.6 Å². The summed E-state index contributed by atoms with van der Waals surface area (Å²) in [5.41, 5.74) is 4.13. The molecule has 0 fully saturated rings. The second kappa shape index (κ2) is 10.1. The Morgan fingerprint density at radius 2 is 1.85 bits per heavy atom. The van der Waals surface area contributed by atoms with Gasteiger partial charge in [-0.1, -0.05) is 35.9 Å². The van der Waals surface area contributed by atoms with Gasteiger partial charge in [0.05, 0.1) is 0 Å². The van der Waals surface area contributed by atoms with Crippen LogP contribution in [0.15, 0.2) is 40.9 Å². The van der Waals surface area contributed by atoms with Crippen molar-refractivity contribution < 1.29 is 4.79 Å². The first-order chi connectivity index (χ1) is 13.3. The largest absolute Gasteiger partial charge is 0.356 e. The van der Waals surface area contributed by atoms with E-state index in [0.717, 1.165) is 45.0 Å². The summed E-state index contributed by atoms with van der Waals surface area (Å²) in [7, 11) is 1.79. The molecule has 0 saturated carbocycles. The highest BCUT2D eigenvalue weighted by Gasteiger charge is 2.22. The number of amides is 1. The summed E-state index contributed by atoms with van der Waals surface area (Å²) >= 11 is 0. The normalized spacial score (nSPS) is 16.7. The first kappa shape index (κ1) is 19.5. The minimum atomic E-state index is 0.236. The van der Waals surface area contributed by atoms with Crippen LogP contribution >= 0.6 is 0 Å². The lowest BCUT2D eigenvalue weighted by atomic mass is 9.97. The fraction of sp³-hybridized carbons (Fsp3) is 0.545. The number of allylic oxidation sites excluding steroid dienone is 1. The summed E-state index contributed by atoms with van der Waals surface area (Å²) in [6.45, 7) is 3.17. The Morgan fingerprint density at radius 3 is 2.52 bits per heavy atom. The molecule has 0 unspecified atom stereocenters. The van der Waals surface area contributed by atoms with Crippen LogP contribution in [0.3, 0.4) is 0 Å². The van der Waals surface area contributed by atoms with Crippen LogP contribution in [0.5, 0.6) is 0 Å². The Labute approximate surface area is 162 Å². The maximum absolute atomic E-state index is 12.4. The number of hydrogen-bond donors (Lipinski definition) is 2. The van der Waals surface area contributed by atoms with Crippen molar-refractivity contribution in [3.63, 3.8) is 0 Å². The lowest BCUT2D eigenvalue weighted by Gasteiger charge is -2.17. The van der Waals surface area contributed by atoms with Crippen molar-refractivity contribution in [2.45, 2.75) is 58.0 Å². The summed E-state index contributed by atoms with van der Waals surface area (Å²) in [6, 6.07) is 8.31. The van der Waals surface area contributed by atoms with E-state index in [0.29, 0.717) is 6.42 Å². The molecule has 5 nitrogen and oxygen atoms in total. The minimum absolute atomic E-state index is 0.236. The van der Waals surface area contributed by atoms with Crippen molar-refractivity contribution in [2.24, 2.45) is 4.99 Å². The van der Waals surface area contributed by atoms with Crippen LogP contribution in [0.25, 0.3) is 0 Å². The van der Waals surface area contributed by atoms with Gasteiger partial charge in [0.15, 0.2) is 5.96 Å². The van der Waals surface area contributed by atoms with Gasteiger partial charge in [-0.3, -0.25) is 9.79 Å². The van der Waals surface area contributed by atoms with E-state index in [-0.39, 0.29) is 5.91 Å². The van der Waals surface area contributed by atoms with E-state index < -0.39 is 0 Å². The van der Waals surface area contributed by atoms with Crippen molar-refractivity contribution in [1.29, 1.82) is 0 Å². The van der Waals surface area contributed by atoms with E-state index >= 15 is 0 Å². The summed E-state index contributed by atoms with van der Waals surface area (Å²) in [5, 5.41) is 6.69. The van der Waals surface area contributed by atoms with E-state index in [1.807, 2.05) is 17.0 Å². The van der Waals surface area contributed by atoms with Gasteiger partial charge in [-0.25, -0.2) is 0 Å². The van der Waals surface area contributed by atoms with Crippen LogP contribution < -0.4 is 10.6 Å². The molecule has 3 rings (SSSR count). The van der Waals surface area contributed by atoms with Crippen LogP contribution in [0.4, 0.5) is 0 Å². The number of aliphatic imine (C=N–C) groups is 1. The molecule has 0 aromatic heterocycles. The predicted octanol–water partition coefficient (Wildman–Crippen LogP) is 3.36. The number of benzene rings is 1. The molecule has 2 N–H and O–H groups in total. The molecule has 27 heavy (non-hydrogen) atoms. The molecule has 1 aromatic carbocycles. The van der Waals surface area contributed by atoms with Gasteiger partial charge >= 0.3 is 0 Å². The number of nitrogens with zero attached hydrogens (tertiary/aromatic N) is 2. The first-order valence-electron chi connectivity index (χ1n) is 10.2. The van der Waals surface area contributed by atoms with Gasteiger partial charge in [0.2, 0.25) is 5.91 Å². The highest BCUT2D eigenvalue weighted by Crippen LogP contribution is 2.23. The molecule has 0 radical (unpaired) electrons. The van der Waals surface area contributed by atoms with Crippen LogP contribution in [-0.2, 0) is 17.9 Å². The lowest BCUT2D eigenvalue weighted by Crippen LogP contribution is -2.38. The second-order valence-electron chi connectivity index (χ2n) is 7.41. The third-order valence-electron chi connectivity index (χ3n) is 5.40. The van der Waals surface area contributed by atoms with Gasteiger partial charge < -0.3 is 15.5 Å². The Kier molecular flexibility index (Phi) is 7.31. The zero-order valence-electron chi connectivity index (χ0n) is 16.5. The molecule has 0 bridgehead atoms. The van der Waals surface area contributed by atoms with E-state index in [9.17, 15) is 4.79 Å². The molecule has 146 valence electrons. The van der Waals surface area contributed by atoms with Gasteiger partial charge in [-0.2, -0.15) is 0 Å². The highest BCUT2D eigenvalue weighted by molar-refractivity contribution is 5.80. The van der Waals surface area contributed by atoms with E-state index in [1.165, 1.54) is 36.8 Å². The molecular weight excluding hydrogens is 336 g/mol. The van der Waals surface area contributed by atoms with Gasteiger partial charge in [0.1, 0.15) is 0 Å². The Balaban J connectivity index is 1.29. The SMILES string of the molecule is CN=C(NCCCC(=O)N1Cc2ccccc2C1)NCCC1=CCCCC1. The molecule has 5 heteroatoms. The topological polar surface area (TPSA) is 56.7 Å². The van der Waals surface area contributed by atoms with Gasteiger partial charge in [0.25, 0.3) is 0 Å². The molecule has 0 atom stereocenters. The van der Waals surface area contributed by atoms with Gasteiger partial charge in [-0.05, 0) is 49.7 Å². The van der Waals surface area contributed by atoms with E-state index in [2.05, 4.69) is 33.8 Å². The van der Waals surface area contributed by atoms with Crippen LogP contribution in [-0.4, -0.2) is 36.9 Å². The standard InChI is InChI=1S/C22H32N4O/c1-23-22(25-15-13-18-8-3-2-4-9-18)24-14-7-12-21(27)26-16-19-10-5-6-11-20(19)17-26/h5-6,8,10-11H,2-4,7,9,12-17H2,1H3,(H2,23,24,25). The number of guanidine groups is 1. The van der Waals surface area contributed by atoms with Crippen molar-refractivity contribution in [1.82, 2.24) is 15.5 Å². The van der Waals surface area contributed by atoms with E-state index in [1.54, 1.807) is 12.6 Å². The number of rotatable bonds is 7. The molecule has 1 amide bonds. The molecule has 1 aliphatic carbocycles. The van der Waals surface area contributed by atoms with Crippen molar-refractivity contribution >= 4 is 11.9 Å². The summed E-state index contributed by atoms with van der Waals surface area (Å²) in [5.74, 6) is 1.06. The molecule has 0 spiro atoms. The Bertz CT molecular complexity index is 670. The van der Waals surface area contributed by atoms with Gasteiger partial charge in [-0.15, -0.1) is 0 Å². The minimum Gasteiger partial charge on any atom is -0.356 e. The second-order valence-corrected chi connectivity index (χ2v) is 7.41. The fourth-order valence-corrected chi connectivity index (χ4v) is 3.81. The number of carbonyl (C=O) groups is 1. The molecule has 2 aliphatic rings. The lowest BCUT2D eigenvalue weighted by molar-refractivity contribution is -0.131. The quantitative estimate of drug-likeness (QED) is 0.336. The average Bonchev–Trinajstić information content (AvgIpc) is 3.15. The Morgan fingerprint density at radius 1 is 1.11 bits per heavy atom. The van der Waals surface area contributed by atoms with Crippen molar-refractivity contribution in [3.8, 4) is 0 Å². The molecular formula is C22H32N4O. The zero-order valence-corrected chi connectivity index (χ0v) is 16.5. The molecule has 1 aliphatic heterocycles. The molecule has 1 heterocycles. The van der Waals surface area contributed by atoms with Crippen molar-refractivity contribution in [3.05, 3.63) is 47.0 Å². The highest BCUT2D eigenvalue weighted by atomic mass is 16.2. The number of fused-ring (bicyclic) bond motifs is 1. The van der Waals surface area contributed by atoms with E-state index in [4.69, 9.17) is 0 Å². The summed E-state index contributed by atoms with van der Waals surface area (Å²) in [4.78, 5) is 18.6. The zero-order chi connectivity index (χ0) is 18.9. The fourth-order valence-electron chi connectivity index (χ4n) is 3.81. The first-order valence-corrected chi connectivity index (χ1v) is 10.2. The number of carbonyl (C=O) groups excluding carboxylic acids is 1. The average molecular weight is 369 g/mol. The van der Waals surface area contributed by atoms with Crippen LogP contribution in [0.1, 0.15) is 56.1 Å². The third kappa shape index (κ3) is 5.84. The Hall–Kier alpha value is -2.30. The van der Waals surface area contributed by atoms with Crippen molar-refractivity contribution in [2.75, 3.05) is 20.1 Å². The maximum atomic E-state index is 12.4. The predicted molar refractivity (Wildman–Crippen MR) is 110 cm³/mol. The third-order valence-corrected chi connectivity index (χ3v) is 5.40.